The van der Waals surface area contributed by atoms with Crippen molar-refractivity contribution in [1.82, 2.24) is 5.32 Å². The maximum Gasteiger partial charge on any atom is 0.256 e. The highest BCUT2D eigenvalue weighted by Crippen LogP contribution is 2.52. The van der Waals surface area contributed by atoms with Crippen molar-refractivity contribution in [1.29, 1.82) is 0 Å². The second kappa shape index (κ2) is 5.76. The van der Waals surface area contributed by atoms with Gasteiger partial charge in [0.1, 0.15) is 22.6 Å². The number of benzene rings is 1. The van der Waals surface area contributed by atoms with Gasteiger partial charge in [-0.15, -0.1) is 0 Å². The van der Waals surface area contributed by atoms with Gasteiger partial charge < -0.3 is 20.2 Å². The lowest BCUT2D eigenvalue weighted by molar-refractivity contribution is -0.122. The summed E-state index contributed by atoms with van der Waals surface area (Å²) in [4.78, 5) is 24.3. The summed E-state index contributed by atoms with van der Waals surface area (Å²) in [5, 5.41) is 3.36. The van der Waals surface area contributed by atoms with Crippen LogP contribution in [0, 0.1) is 18.8 Å². The number of amides is 2. The van der Waals surface area contributed by atoms with E-state index in [0.717, 1.165) is 30.4 Å². The molecule has 3 N–H and O–H groups in total. The van der Waals surface area contributed by atoms with E-state index in [1.807, 2.05) is 18.2 Å². The molecule has 2 saturated carbocycles. The first-order valence-electron chi connectivity index (χ1n) is 9.07. The molecular formula is C20H24N2O4. The maximum atomic E-state index is 12.7. The summed E-state index contributed by atoms with van der Waals surface area (Å²) in [7, 11) is 0. The van der Waals surface area contributed by atoms with Crippen molar-refractivity contribution in [2.75, 3.05) is 0 Å². The van der Waals surface area contributed by atoms with E-state index < -0.39 is 11.4 Å². The zero-order valence-corrected chi connectivity index (χ0v) is 15.3. The van der Waals surface area contributed by atoms with Crippen molar-refractivity contribution in [3.63, 3.8) is 0 Å². The number of hydrogen-bond acceptors (Lipinski definition) is 4. The van der Waals surface area contributed by atoms with E-state index in [-0.39, 0.29) is 12.0 Å². The van der Waals surface area contributed by atoms with Gasteiger partial charge in [0.25, 0.3) is 5.91 Å². The van der Waals surface area contributed by atoms with E-state index in [4.69, 9.17) is 14.9 Å². The minimum absolute atomic E-state index is 0.260. The third-order valence-corrected chi connectivity index (χ3v) is 5.61. The zero-order valence-electron chi connectivity index (χ0n) is 15.3. The molecule has 0 saturated heterocycles. The molecule has 2 aromatic rings. The first-order valence-corrected chi connectivity index (χ1v) is 9.07. The van der Waals surface area contributed by atoms with Crippen LogP contribution in [0.4, 0.5) is 0 Å². The Morgan fingerprint density at radius 1 is 1.23 bits per heavy atom. The van der Waals surface area contributed by atoms with Gasteiger partial charge in [-0.2, -0.15) is 0 Å². The minimum Gasteiger partial charge on any atom is -0.490 e. The molecule has 138 valence electrons. The van der Waals surface area contributed by atoms with Crippen LogP contribution in [-0.4, -0.2) is 23.5 Å². The molecule has 0 bridgehead atoms. The van der Waals surface area contributed by atoms with Gasteiger partial charge in [-0.05, 0) is 70.1 Å². The molecule has 6 heteroatoms. The minimum atomic E-state index is -1.15. The predicted molar refractivity (Wildman–Crippen MR) is 96.9 cm³/mol. The lowest BCUT2D eigenvalue weighted by atomic mass is 10.0. The van der Waals surface area contributed by atoms with Gasteiger partial charge in [0.2, 0.25) is 5.91 Å². The SMILES string of the molecule is Cc1oc2ccc(OC3CC4CC4C3)cc2c1C(=O)NC(C)(C)C(N)=O. The number of nitrogens with one attached hydrogen (secondary N) is 1. The summed E-state index contributed by atoms with van der Waals surface area (Å²) in [6, 6.07) is 5.55. The molecule has 2 amide bonds. The van der Waals surface area contributed by atoms with Crippen LogP contribution in [0.25, 0.3) is 11.0 Å². The van der Waals surface area contributed by atoms with Crippen molar-refractivity contribution in [3.8, 4) is 5.75 Å². The number of primary amides is 1. The van der Waals surface area contributed by atoms with Crippen molar-refractivity contribution in [3.05, 3.63) is 29.5 Å². The molecule has 2 aliphatic carbocycles. The Labute approximate surface area is 152 Å². The molecule has 1 heterocycles. The van der Waals surface area contributed by atoms with Gasteiger partial charge >= 0.3 is 0 Å². The Kier molecular flexibility index (Phi) is 3.75. The summed E-state index contributed by atoms with van der Waals surface area (Å²) in [6.07, 6.45) is 3.84. The molecule has 26 heavy (non-hydrogen) atoms. The number of carbonyl (C=O) groups is 2. The quantitative estimate of drug-likeness (QED) is 0.861. The largest absolute Gasteiger partial charge is 0.490 e. The number of hydrogen-bond donors (Lipinski definition) is 2. The highest BCUT2D eigenvalue weighted by molar-refractivity contribution is 6.09. The Hall–Kier alpha value is -2.50. The molecule has 0 aliphatic heterocycles. The van der Waals surface area contributed by atoms with Gasteiger partial charge in [-0.25, -0.2) is 0 Å². The summed E-state index contributed by atoms with van der Waals surface area (Å²) < 4.78 is 11.8. The fourth-order valence-corrected chi connectivity index (χ4v) is 3.91. The number of furan rings is 1. The fourth-order valence-electron chi connectivity index (χ4n) is 3.91. The molecule has 2 unspecified atom stereocenters. The fraction of sp³-hybridized carbons (Fsp3) is 0.500. The standard InChI is InChI=1S/C20H24N2O4/c1-10-17(18(23)22-20(2,3)19(21)24)15-9-13(4-5-16(15)25-10)26-14-7-11-6-12(11)8-14/h4-5,9,11-12,14H,6-8H2,1-3H3,(H2,21,24)(H,22,23). The lowest BCUT2D eigenvalue weighted by Gasteiger charge is -2.22. The second-order valence-electron chi connectivity index (χ2n) is 8.10. The van der Waals surface area contributed by atoms with Crippen LogP contribution < -0.4 is 15.8 Å². The van der Waals surface area contributed by atoms with Crippen LogP contribution in [0.5, 0.6) is 5.75 Å². The van der Waals surface area contributed by atoms with Crippen LogP contribution in [0.2, 0.25) is 0 Å². The van der Waals surface area contributed by atoms with E-state index in [1.165, 1.54) is 6.42 Å². The Bertz CT molecular complexity index is 889. The molecule has 0 spiro atoms. The van der Waals surface area contributed by atoms with Crippen molar-refractivity contribution < 1.29 is 18.7 Å². The Morgan fingerprint density at radius 2 is 1.92 bits per heavy atom. The number of nitrogens with two attached hydrogens (primary N) is 1. The monoisotopic (exact) mass is 356 g/mol. The van der Waals surface area contributed by atoms with E-state index in [1.54, 1.807) is 20.8 Å². The maximum absolute atomic E-state index is 12.7. The Balaban J connectivity index is 1.61. The molecule has 2 aliphatic rings. The van der Waals surface area contributed by atoms with Crippen LogP contribution >= 0.6 is 0 Å². The smallest absolute Gasteiger partial charge is 0.256 e. The average molecular weight is 356 g/mol. The van der Waals surface area contributed by atoms with E-state index in [2.05, 4.69) is 5.32 Å². The van der Waals surface area contributed by atoms with Crippen molar-refractivity contribution >= 4 is 22.8 Å². The third-order valence-electron chi connectivity index (χ3n) is 5.61. The van der Waals surface area contributed by atoms with Crippen LogP contribution in [0.3, 0.4) is 0 Å². The number of carbonyl (C=O) groups excluding carboxylic acids is 2. The summed E-state index contributed by atoms with van der Waals surface area (Å²) in [5.41, 5.74) is 5.24. The molecule has 1 aromatic carbocycles. The molecule has 0 radical (unpaired) electrons. The zero-order chi connectivity index (χ0) is 18.6. The van der Waals surface area contributed by atoms with Gasteiger partial charge in [0.05, 0.1) is 11.7 Å². The Morgan fingerprint density at radius 3 is 2.58 bits per heavy atom. The number of aryl methyl sites for hydroxylation is 1. The number of ether oxygens (including phenoxy) is 1. The van der Waals surface area contributed by atoms with Crippen LogP contribution in [0.1, 0.15) is 49.2 Å². The van der Waals surface area contributed by atoms with Crippen molar-refractivity contribution in [2.45, 2.75) is 51.7 Å². The topological polar surface area (TPSA) is 94.6 Å². The summed E-state index contributed by atoms with van der Waals surface area (Å²) >= 11 is 0. The lowest BCUT2D eigenvalue weighted by Crippen LogP contribution is -2.53. The number of rotatable bonds is 5. The van der Waals surface area contributed by atoms with Crippen LogP contribution in [-0.2, 0) is 4.79 Å². The van der Waals surface area contributed by atoms with Gasteiger partial charge in [0.15, 0.2) is 0 Å². The first kappa shape index (κ1) is 16.9. The molecule has 1 aromatic heterocycles. The van der Waals surface area contributed by atoms with Crippen LogP contribution in [0.15, 0.2) is 22.6 Å². The first-order chi connectivity index (χ1) is 12.2. The predicted octanol–water partition coefficient (Wildman–Crippen LogP) is 2.91. The third kappa shape index (κ3) is 2.93. The molecule has 2 fully saturated rings. The average Bonchev–Trinajstić information content (AvgIpc) is 3.01. The van der Waals surface area contributed by atoms with Crippen molar-refractivity contribution in [2.24, 2.45) is 17.6 Å². The second-order valence-corrected chi connectivity index (χ2v) is 8.10. The molecular weight excluding hydrogens is 332 g/mol. The van der Waals surface area contributed by atoms with E-state index in [0.29, 0.717) is 22.3 Å². The van der Waals surface area contributed by atoms with Gasteiger partial charge in [0, 0.05) is 5.39 Å². The molecule has 4 rings (SSSR count). The molecule has 2 atom stereocenters. The normalized spacial score (nSPS) is 24.3. The summed E-state index contributed by atoms with van der Waals surface area (Å²) in [6.45, 7) is 4.88. The highest BCUT2D eigenvalue weighted by atomic mass is 16.5. The van der Waals surface area contributed by atoms with E-state index >= 15 is 0 Å². The van der Waals surface area contributed by atoms with Gasteiger partial charge in [-0.3, -0.25) is 9.59 Å². The number of fused-ring (bicyclic) bond motifs is 2. The highest BCUT2D eigenvalue weighted by Gasteiger charge is 2.46. The van der Waals surface area contributed by atoms with Gasteiger partial charge in [-0.1, -0.05) is 0 Å². The van der Waals surface area contributed by atoms with E-state index in [9.17, 15) is 9.59 Å². The summed E-state index contributed by atoms with van der Waals surface area (Å²) in [5.74, 6) is 1.95. The molecule has 6 nitrogen and oxygen atoms in total.